The van der Waals surface area contributed by atoms with Crippen LogP contribution in [0.4, 0.5) is 14.5 Å². The number of nitrogens with one attached hydrogen (secondary N) is 1. The van der Waals surface area contributed by atoms with Crippen LogP contribution in [0.3, 0.4) is 0 Å². The number of benzene rings is 1. The molecule has 1 aromatic heterocycles. The summed E-state index contributed by atoms with van der Waals surface area (Å²) in [5, 5.41) is 5.97. The van der Waals surface area contributed by atoms with Gasteiger partial charge in [-0.1, -0.05) is 5.16 Å². The molecule has 0 aliphatic rings. The van der Waals surface area contributed by atoms with Crippen LogP contribution in [0.2, 0.25) is 0 Å². The highest BCUT2D eigenvalue weighted by molar-refractivity contribution is 5.92. The third kappa shape index (κ3) is 4.61. The fourth-order valence-electron chi connectivity index (χ4n) is 2.08. The van der Waals surface area contributed by atoms with E-state index >= 15 is 0 Å². The molecule has 2 aromatic rings. The Labute approximate surface area is 136 Å². The molecule has 0 bridgehead atoms. The molecular weight excluding hydrogens is 322 g/mol. The molecule has 0 atom stereocenters. The number of ether oxygens (including phenoxy) is 1. The summed E-state index contributed by atoms with van der Waals surface area (Å²) >= 11 is 0. The zero-order valence-electron chi connectivity index (χ0n) is 13.2. The van der Waals surface area contributed by atoms with E-state index in [9.17, 15) is 18.4 Å². The number of esters is 1. The Hall–Kier alpha value is -2.77. The van der Waals surface area contributed by atoms with Crippen molar-refractivity contribution in [3.05, 3.63) is 46.9 Å². The summed E-state index contributed by atoms with van der Waals surface area (Å²) in [6, 6.07) is 2.74. The van der Waals surface area contributed by atoms with Gasteiger partial charge in [0.1, 0.15) is 17.4 Å². The first-order chi connectivity index (χ1) is 11.4. The lowest BCUT2D eigenvalue weighted by Gasteiger charge is -2.07. The van der Waals surface area contributed by atoms with Crippen molar-refractivity contribution in [2.75, 3.05) is 11.9 Å². The number of carbonyl (C=O) groups is 2. The van der Waals surface area contributed by atoms with E-state index in [-0.39, 0.29) is 12.1 Å². The normalized spacial score (nSPS) is 10.5. The number of carbonyl (C=O) groups excluding carboxylic acids is 2. The van der Waals surface area contributed by atoms with Crippen LogP contribution < -0.4 is 5.32 Å². The molecule has 0 aliphatic carbocycles. The van der Waals surface area contributed by atoms with E-state index < -0.39 is 30.1 Å². The van der Waals surface area contributed by atoms with Crippen LogP contribution in [0.1, 0.15) is 23.4 Å². The van der Waals surface area contributed by atoms with E-state index in [1.54, 1.807) is 13.8 Å². The van der Waals surface area contributed by atoms with Crippen molar-refractivity contribution in [3.8, 4) is 0 Å². The second-order valence-corrected chi connectivity index (χ2v) is 5.14. The van der Waals surface area contributed by atoms with Gasteiger partial charge in [-0.25, -0.2) is 8.78 Å². The lowest BCUT2D eigenvalue weighted by molar-refractivity contribution is -0.147. The molecule has 128 valence electrons. The highest BCUT2D eigenvalue weighted by Crippen LogP contribution is 2.15. The quantitative estimate of drug-likeness (QED) is 0.819. The van der Waals surface area contributed by atoms with Gasteiger partial charge in [-0.05, 0) is 32.4 Å². The summed E-state index contributed by atoms with van der Waals surface area (Å²) in [4.78, 5) is 23.3. The molecule has 1 N–H and O–H groups in total. The Morgan fingerprint density at radius 1 is 1.29 bits per heavy atom. The van der Waals surface area contributed by atoms with E-state index in [4.69, 9.17) is 9.26 Å². The molecule has 0 fully saturated rings. The first-order valence-electron chi connectivity index (χ1n) is 7.19. The van der Waals surface area contributed by atoms with E-state index in [1.807, 2.05) is 0 Å². The van der Waals surface area contributed by atoms with Crippen LogP contribution in [-0.2, 0) is 20.7 Å². The Bertz CT molecular complexity index is 739. The lowest BCUT2D eigenvalue weighted by Crippen LogP contribution is -2.21. The third-order valence-corrected chi connectivity index (χ3v) is 3.33. The number of aryl methyl sites for hydroxylation is 2. The first-order valence-corrected chi connectivity index (χ1v) is 7.19. The lowest BCUT2D eigenvalue weighted by atomic mass is 10.1. The van der Waals surface area contributed by atoms with Gasteiger partial charge in [0.15, 0.2) is 6.61 Å². The average molecular weight is 338 g/mol. The molecule has 2 rings (SSSR count). The van der Waals surface area contributed by atoms with Crippen molar-refractivity contribution < 1.29 is 27.6 Å². The molecule has 0 saturated carbocycles. The van der Waals surface area contributed by atoms with Gasteiger partial charge >= 0.3 is 5.97 Å². The molecule has 0 spiro atoms. The predicted octanol–water partition coefficient (Wildman–Crippen LogP) is 2.68. The van der Waals surface area contributed by atoms with Gasteiger partial charge in [-0.3, -0.25) is 9.59 Å². The van der Waals surface area contributed by atoms with Gasteiger partial charge < -0.3 is 14.6 Å². The van der Waals surface area contributed by atoms with E-state index in [2.05, 4.69) is 10.5 Å². The van der Waals surface area contributed by atoms with Gasteiger partial charge in [0.05, 0.1) is 11.4 Å². The number of aromatic nitrogens is 1. The molecule has 24 heavy (non-hydrogen) atoms. The molecule has 1 aromatic carbocycles. The van der Waals surface area contributed by atoms with Crippen LogP contribution in [0, 0.1) is 25.5 Å². The number of amides is 1. The smallest absolute Gasteiger partial charge is 0.306 e. The summed E-state index contributed by atoms with van der Waals surface area (Å²) in [5.41, 5.74) is 1.34. The van der Waals surface area contributed by atoms with E-state index in [1.165, 1.54) is 0 Å². The number of halogens is 2. The summed E-state index contributed by atoms with van der Waals surface area (Å²) in [6.07, 6.45) is 0.440. The van der Waals surface area contributed by atoms with Crippen molar-refractivity contribution >= 4 is 17.6 Å². The highest BCUT2D eigenvalue weighted by atomic mass is 19.1. The Kier molecular flexibility index (Phi) is 5.62. The Morgan fingerprint density at radius 2 is 2.04 bits per heavy atom. The Morgan fingerprint density at radius 3 is 2.67 bits per heavy atom. The molecule has 8 heteroatoms. The second-order valence-electron chi connectivity index (χ2n) is 5.14. The molecule has 0 unspecified atom stereocenters. The van der Waals surface area contributed by atoms with Crippen LogP contribution in [-0.4, -0.2) is 23.6 Å². The van der Waals surface area contributed by atoms with Crippen molar-refractivity contribution in [3.63, 3.8) is 0 Å². The van der Waals surface area contributed by atoms with Crippen molar-refractivity contribution in [2.45, 2.75) is 26.7 Å². The third-order valence-electron chi connectivity index (χ3n) is 3.33. The molecule has 1 heterocycles. The van der Waals surface area contributed by atoms with Gasteiger partial charge in [0.25, 0.3) is 5.91 Å². The second kappa shape index (κ2) is 7.67. The topological polar surface area (TPSA) is 81.4 Å². The largest absolute Gasteiger partial charge is 0.456 e. The van der Waals surface area contributed by atoms with Crippen LogP contribution in [0.5, 0.6) is 0 Å². The summed E-state index contributed by atoms with van der Waals surface area (Å²) < 4.78 is 36.0. The van der Waals surface area contributed by atoms with Crippen molar-refractivity contribution in [1.29, 1.82) is 0 Å². The minimum atomic E-state index is -0.909. The number of rotatable bonds is 6. The summed E-state index contributed by atoms with van der Waals surface area (Å²) in [7, 11) is 0. The first kappa shape index (κ1) is 17.6. The fourth-order valence-corrected chi connectivity index (χ4v) is 2.08. The minimum Gasteiger partial charge on any atom is -0.456 e. The minimum absolute atomic E-state index is 0.0566. The molecule has 0 saturated heterocycles. The SMILES string of the molecule is Cc1noc(C)c1CCC(=O)OCC(=O)Nc1ccc(F)cc1F. The standard InChI is InChI=1S/C16H16F2N2O4/c1-9-12(10(2)24-20-9)4-6-16(22)23-8-15(21)19-14-5-3-11(17)7-13(14)18/h3,5,7H,4,6,8H2,1-2H3,(H,19,21). The van der Waals surface area contributed by atoms with E-state index in [0.29, 0.717) is 23.9 Å². The predicted molar refractivity (Wildman–Crippen MR) is 80.2 cm³/mol. The summed E-state index contributed by atoms with van der Waals surface area (Å²) in [6.45, 7) is 2.95. The van der Waals surface area contributed by atoms with Gasteiger partial charge in [-0.2, -0.15) is 0 Å². The van der Waals surface area contributed by atoms with Crippen LogP contribution >= 0.6 is 0 Å². The maximum Gasteiger partial charge on any atom is 0.306 e. The maximum absolute atomic E-state index is 13.4. The molecule has 1 amide bonds. The zero-order valence-corrected chi connectivity index (χ0v) is 13.2. The molecule has 6 nitrogen and oxygen atoms in total. The van der Waals surface area contributed by atoms with Crippen molar-refractivity contribution in [1.82, 2.24) is 5.16 Å². The fraction of sp³-hybridized carbons (Fsp3) is 0.312. The van der Waals surface area contributed by atoms with Gasteiger partial charge in [-0.15, -0.1) is 0 Å². The number of nitrogens with zero attached hydrogens (tertiary/aromatic N) is 1. The number of hydrogen-bond acceptors (Lipinski definition) is 5. The molecule has 0 radical (unpaired) electrons. The maximum atomic E-state index is 13.4. The number of anilines is 1. The summed E-state index contributed by atoms with van der Waals surface area (Å²) in [5.74, 6) is -2.33. The van der Waals surface area contributed by atoms with Crippen LogP contribution in [0.25, 0.3) is 0 Å². The molecular formula is C16H16F2N2O4. The van der Waals surface area contributed by atoms with Gasteiger partial charge in [0.2, 0.25) is 0 Å². The van der Waals surface area contributed by atoms with Crippen molar-refractivity contribution in [2.24, 2.45) is 0 Å². The number of hydrogen-bond donors (Lipinski definition) is 1. The highest BCUT2D eigenvalue weighted by Gasteiger charge is 2.14. The Balaban J connectivity index is 1.78. The average Bonchev–Trinajstić information content (AvgIpc) is 2.84. The van der Waals surface area contributed by atoms with Gasteiger partial charge in [0, 0.05) is 18.1 Å². The van der Waals surface area contributed by atoms with Crippen LogP contribution in [0.15, 0.2) is 22.7 Å². The zero-order chi connectivity index (χ0) is 17.7. The van der Waals surface area contributed by atoms with E-state index in [0.717, 1.165) is 17.7 Å². The monoisotopic (exact) mass is 338 g/mol. The molecule has 0 aliphatic heterocycles.